The summed E-state index contributed by atoms with van der Waals surface area (Å²) in [4.78, 5) is 17.4. The zero-order chi connectivity index (χ0) is 12.5. The lowest BCUT2D eigenvalue weighted by atomic mass is 10.1. The number of para-hydroxylation sites is 1. The number of aromatic amines is 1. The summed E-state index contributed by atoms with van der Waals surface area (Å²) in [5, 5.41) is 1.65. The standard InChI is InChI=1S/C14H15ClN2O/c15-11-6-4-5-10-9-12(16-13(10)11)14(18)17-7-2-1-3-8-17/h4-6,9,16H,1-3,7-8H2. The number of carbonyl (C=O) groups is 1. The van der Waals surface area contributed by atoms with Crippen LogP contribution in [0, 0.1) is 0 Å². The van der Waals surface area contributed by atoms with E-state index >= 15 is 0 Å². The van der Waals surface area contributed by atoms with Crippen molar-refractivity contribution in [1.29, 1.82) is 0 Å². The fourth-order valence-corrected chi connectivity index (χ4v) is 2.73. The maximum absolute atomic E-state index is 12.3. The third-order valence-corrected chi connectivity index (χ3v) is 3.79. The summed E-state index contributed by atoms with van der Waals surface area (Å²) >= 11 is 6.10. The first-order chi connectivity index (χ1) is 8.75. The zero-order valence-electron chi connectivity index (χ0n) is 10.1. The number of benzene rings is 1. The van der Waals surface area contributed by atoms with Gasteiger partial charge in [-0.05, 0) is 31.4 Å². The van der Waals surface area contributed by atoms with Gasteiger partial charge in [0, 0.05) is 18.5 Å². The monoisotopic (exact) mass is 262 g/mol. The predicted octanol–water partition coefficient (Wildman–Crippen LogP) is 3.45. The van der Waals surface area contributed by atoms with Gasteiger partial charge in [0.2, 0.25) is 0 Å². The van der Waals surface area contributed by atoms with Crippen molar-refractivity contribution in [3.8, 4) is 0 Å². The van der Waals surface area contributed by atoms with Gasteiger partial charge in [0.25, 0.3) is 5.91 Å². The second-order valence-electron chi connectivity index (χ2n) is 4.74. The van der Waals surface area contributed by atoms with Crippen LogP contribution in [0.15, 0.2) is 24.3 Å². The molecule has 4 heteroatoms. The van der Waals surface area contributed by atoms with Gasteiger partial charge in [0.15, 0.2) is 0 Å². The van der Waals surface area contributed by atoms with E-state index in [2.05, 4.69) is 4.98 Å². The molecule has 1 N–H and O–H groups in total. The molecule has 1 saturated heterocycles. The van der Waals surface area contributed by atoms with Gasteiger partial charge in [-0.15, -0.1) is 0 Å². The molecule has 2 aromatic rings. The van der Waals surface area contributed by atoms with Crippen LogP contribution in [0.25, 0.3) is 10.9 Å². The van der Waals surface area contributed by atoms with Gasteiger partial charge in [0.1, 0.15) is 5.69 Å². The Bertz CT molecular complexity index is 584. The highest BCUT2D eigenvalue weighted by Crippen LogP contribution is 2.24. The van der Waals surface area contributed by atoms with Gasteiger partial charge in [0.05, 0.1) is 10.5 Å². The molecule has 0 atom stereocenters. The number of fused-ring (bicyclic) bond motifs is 1. The molecule has 3 rings (SSSR count). The van der Waals surface area contributed by atoms with E-state index in [-0.39, 0.29) is 5.91 Å². The second kappa shape index (κ2) is 4.65. The van der Waals surface area contributed by atoms with E-state index in [1.54, 1.807) is 0 Å². The number of piperidine rings is 1. The largest absolute Gasteiger partial charge is 0.349 e. The van der Waals surface area contributed by atoms with E-state index in [0.29, 0.717) is 10.7 Å². The molecule has 1 aromatic carbocycles. The van der Waals surface area contributed by atoms with Crippen molar-refractivity contribution in [2.75, 3.05) is 13.1 Å². The molecule has 18 heavy (non-hydrogen) atoms. The molecule has 0 radical (unpaired) electrons. The van der Waals surface area contributed by atoms with Crippen molar-refractivity contribution < 1.29 is 4.79 Å². The van der Waals surface area contributed by atoms with Crippen molar-refractivity contribution in [1.82, 2.24) is 9.88 Å². The fraction of sp³-hybridized carbons (Fsp3) is 0.357. The lowest BCUT2D eigenvalue weighted by Gasteiger charge is -2.26. The summed E-state index contributed by atoms with van der Waals surface area (Å²) in [5.41, 5.74) is 1.49. The molecule has 1 aliphatic heterocycles. The molecule has 0 aliphatic carbocycles. The number of hydrogen-bond acceptors (Lipinski definition) is 1. The summed E-state index contributed by atoms with van der Waals surface area (Å²) in [5.74, 6) is 0.0852. The van der Waals surface area contributed by atoms with E-state index < -0.39 is 0 Å². The van der Waals surface area contributed by atoms with Crippen LogP contribution in [0.1, 0.15) is 29.8 Å². The highest BCUT2D eigenvalue weighted by Gasteiger charge is 2.20. The van der Waals surface area contributed by atoms with Crippen molar-refractivity contribution in [2.24, 2.45) is 0 Å². The van der Waals surface area contributed by atoms with Crippen LogP contribution in [0.4, 0.5) is 0 Å². The van der Waals surface area contributed by atoms with Gasteiger partial charge < -0.3 is 9.88 Å². The highest BCUT2D eigenvalue weighted by molar-refractivity contribution is 6.35. The first-order valence-corrected chi connectivity index (χ1v) is 6.70. The van der Waals surface area contributed by atoms with Crippen LogP contribution >= 0.6 is 11.6 Å². The summed E-state index contributed by atoms with van der Waals surface area (Å²) in [6.07, 6.45) is 3.43. The minimum Gasteiger partial charge on any atom is -0.349 e. The number of hydrogen-bond donors (Lipinski definition) is 1. The number of aromatic nitrogens is 1. The first kappa shape index (κ1) is 11.6. The van der Waals surface area contributed by atoms with Crippen LogP contribution in [0.5, 0.6) is 0 Å². The lowest BCUT2D eigenvalue weighted by Crippen LogP contribution is -2.35. The number of rotatable bonds is 1. The number of nitrogens with zero attached hydrogens (tertiary/aromatic N) is 1. The number of carbonyl (C=O) groups excluding carboxylic acids is 1. The van der Waals surface area contributed by atoms with Crippen LogP contribution in [-0.2, 0) is 0 Å². The normalized spacial score (nSPS) is 16.2. The van der Waals surface area contributed by atoms with Crippen molar-refractivity contribution >= 4 is 28.4 Å². The van der Waals surface area contributed by atoms with Gasteiger partial charge in [-0.3, -0.25) is 4.79 Å². The summed E-state index contributed by atoms with van der Waals surface area (Å²) in [6.45, 7) is 1.73. The maximum Gasteiger partial charge on any atom is 0.270 e. The summed E-state index contributed by atoms with van der Waals surface area (Å²) in [7, 11) is 0. The minimum absolute atomic E-state index is 0.0852. The van der Waals surface area contributed by atoms with Crippen LogP contribution in [-0.4, -0.2) is 28.9 Å². The first-order valence-electron chi connectivity index (χ1n) is 6.32. The van der Waals surface area contributed by atoms with Gasteiger partial charge >= 0.3 is 0 Å². The van der Waals surface area contributed by atoms with E-state index in [9.17, 15) is 4.79 Å². The Morgan fingerprint density at radius 1 is 1.22 bits per heavy atom. The van der Waals surface area contributed by atoms with Gasteiger partial charge in [-0.25, -0.2) is 0 Å². The number of H-pyrrole nitrogens is 1. The van der Waals surface area contributed by atoms with E-state index in [1.807, 2.05) is 29.2 Å². The topological polar surface area (TPSA) is 36.1 Å². The molecular formula is C14H15ClN2O. The van der Waals surface area contributed by atoms with Crippen LogP contribution in [0.3, 0.4) is 0 Å². The number of halogens is 1. The molecule has 2 heterocycles. The van der Waals surface area contributed by atoms with E-state index in [1.165, 1.54) is 6.42 Å². The Morgan fingerprint density at radius 3 is 2.72 bits per heavy atom. The zero-order valence-corrected chi connectivity index (χ0v) is 10.8. The van der Waals surface area contributed by atoms with Crippen LogP contribution < -0.4 is 0 Å². The van der Waals surface area contributed by atoms with Gasteiger partial charge in [-0.2, -0.15) is 0 Å². The molecule has 1 aliphatic rings. The molecule has 0 unspecified atom stereocenters. The smallest absolute Gasteiger partial charge is 0.270 e. The van der Waals surface area contributed by atoms with Gasteiger partial charge in [-0.1, -0.05) is 23.7 Å². The average molecular weight is 263 g/mol. The minimum atomic E-state index is 0.0852. The Hall–Kier alpha value is -1.48. The molecular weight excluding hydrogens is 248 g/mol. The molecule has 1 fully saturated rings. The third-order valence-electron chi connectivity index (χ3n) is 3.48. The molecule has 1 amide bonds. The average Bonchev–Trinajstić information content (AvgIpc) is 2.84. The highest BCUT2D eigenvalue weighted by atomic mass is 35.5. The summed E-state index contributed by atoms with van der Waals surface area (Å²) in [6, 6.07) is 7.58. The van der Waals surface area contributed by atoms with Crippen molar-refractivity contribution in [3.63, 3.8) is 0 Å². The fourth-order valence-electron chi connectivity index (χ4n) is 2.50. The van der Waals surface area contributed by atoms with Crippen molar-refractivity contribution in [3.05, 3.63) is 35.0 Å². The summed E-state index contributed by atoms with van der Waals surface area (Å²) < 4.78 is 0. The molecule has 3 nitrogen and oxygen atoms in total. The lowest BCUT2D eigenvalue weighted by molar-refractivity contribution is 0.0719. The molecule has 94 valence electrons. The number of amides is 1. The molecule has 0 saturated carbocycles. The maximum atomic E-state index is 12.3. The second-order valence-corrected chi connectivity index (χ2v) is 5.15. The quantitative estimate of drug-likeness (QED) is 0.840. The van der Waals surface area contributed by atoms with Crippen molar-refractivity contribution in [2.45, 2.75) is 19.3 Å². The Kier molecular flexibility index (Phi) is 3.00. The molecule has 0 bridgehead atoms. The van der Waals surface area contributed by atoms with E-state index in [4.69, 9.17) is 11.6 Å². The SMILES string of the molecule is O=C(c1cc2cccc(Cl)c2[nH]1)N1CCCCC1. The Morgan fingerprint density at radius 2 is 2.00 bits per heavy atom. The molecule has 0 spiro atoms. The Labute approximate surface area is 111 Å². The van der Waals surface area contributed by atoms with Crippen LogP contribution in [0.2, 0.25) is 5.02 Å². The van der Waals surface area contributed by atoms with E-state index in [0.717, 1.165) is 36.8 Å². The Balaban J connectivity index is 1.94. The number of likely N-dealkylation sites (tertiary alicyclic amines) is 1. The number of nitrogens with one attached hydrogen (secondary N) is 1. The third kappa shape index (κ3) is 1.99. The molecule has 1 aromatic heterocycles. The predicted molar refractivity (Wildman–Crippen MR) is 73.1 cm³/mol.